The van der Waals surface area contributed by atoms with E-state index in [-0.39, 0.29) is 11.4 Å². The van der Waals surface area contributed by atoms with Crippen LogP contribution in [0.4, 0.5) is 10.1 Å². The predicted octanol–water partition coefficient (Wildman–Crippen LogP) is 5.14. The lowest BCUT2D eigenvalue weighted by Crippen LogP contribution is -2.42. The van der Waals surface area contributed by atoms with Gasteiger partial charge in [0.25, 0.3) is 0 Å². The molecule has 1 aliphatic heterocycles. The molecule has 0 spiro atoms. The fourth-order valence-electron chi connectivity index (χ4n) is 5.27. The molecule has 2 amide bonds. The number of methoxy groups -OCH3 is 2. The SMILES string of the molecule is COc1cccc(C(C)N(C(=O)C(N)=O)c2ccc(Oc3ccnc4cc(OCC5CCNCC5)c(OC)cc34)c(F)c2)c1. The molecule has 1 unspecified atom stereocenters. The van der Waals surface area contributed by atoms with Gasteiger partial charge >= 0.3 is 11.8 Å². The zero-order chi connectivity index (χ0) is 31.2. The predicted molar refractivity (Wildman–Crippen MR) is 164 cm³/mol. The summed E-state index contributed by atoms with van der Waals surface area (Å²) in [5, 5.41) is 3.95. The summed E-state index contributed by atoms with van der Waals surface area (Å²) in [6.07, 6.45) is 3.66. The number of fused-ring (bicyclic) bond motifs is 1. The summed E-state index contributed by atoms with van der Waals surface area (Å²) in [7, 11) is 3.08. The molecule has 1 aromatic heterocycles. The molecule has 1 saturated heterocycles. The third-order valence-electron chi connectivity index (χ3n) is 7.73. The van der Waals surface area contributed by atoms with Crippen molar-refractivity contribution >= 4 is 28.4 Å². The van der Waals surface area contributed by atoms with Crippen molar-refractivity contribution in [2.75, 3.05) is 38.8 Å². The Kier molecular flexibility index (Phi) is 9.44. The van der Waals surface area contributed by atoms with Crippen molar-refractivity contribution < 1.29 is 32.9 Å². The van der Waals surface area contributed by atoms with Crippen molar-refractivity contribution in [2.24, 2.45) is 11.7 Å². The molecule has 11 heteroatoms. The first-order valence-corrected chi connectivity index (χ1v) is 14.3. The summed E-state index contributed by atoms with van der Waals surface area (Å²) >= 11 is 0. The Bertz CT molecular complexity index is 1660. The minimum atomic E-state index is -1.17. The van der Waals surface area contributed by atoms with Crippen molar-refractivity contribution in [1.29, 1.82) is 0 Å². The number of ether oxygens (including phenoxy) is 4. The van der Waals surface area contributed by atoms with Crippen LogP contribution in [0.3, 0.4) is 0 Å². The van der Waals surface area contributed by atoms with Gasteiger partial charge in [0.1, 0.15) is 11.5 Å². The van der Waals surface area contributed by atoms with Gasteiger partial charge in [-0.15, -0.1) is 0 Å². The second-order valence-corrected chi connectivity index (χ2v) is 10.5. The summed E-state index contributed by atoms with van der Waals surface area (Å²) in [4.78, 5) is 30.4. The van der Waals surface area contributed by atoms with Crippen molar-refractivity contribution in [3.63, 3.8) is 0 Å². The van der Waals surface area contributed by atoms with Crippen LogP contribution in [0, 0.1) is 11.7 Å². The number of benzene rings is 3. The average Bonchev–Trinajstić information content (AvgIpc) is 3.05. The smallest absolute Gasteiger partial charge is 0.316 e. The topological polar surface area (TPSA) is 125 Å². The number of carbonyl (C=O) groups excluding carboxylic acids is 2. The average molecular weight is 603 g/mol. The molecule has 2 heterocycles. The lowest BCUT2D eigenvalue weighted by molar-refractivity contribution is -0.135. The van der Waals surface area contributed by atoms with Gasteiger partial charge in [0, 0.05) is 29.4 Å². The third-order valence-corrected chi connectivity index (χ3v) is 7.73. The van der Waals surface area contributed by atoms with Crippen molar-refractivity contribution in [1.82, 2.24) is 10.3 Å². The zero-order valence-electron chi connectivity index (χ0n) is 24.8. The third kappa shape index (κ3) is 6.68. The number of hydrogen-bond donors (Lipinski definition) is 2. The van der Waals surface area contributed by atoms with Crippen LogP contribution in [0.15, 0.2) is 66.9 Å². The Morgan fingerprint density at radius 3 is 2.50 bits per heavy atom. The molecule has 3 aromatic carbocycles. The minimum absolute atomic E-state index is 0.0908. The van der Waals surface area contributed by atoms with E-state index in [2.05, 4.69) is 10.3 Å². The Hall–Kier alpha value is -4.90. The summed E-state index contributed by atoms with van der Waals surface area (Å²) in [6, 6.07) is 15.5. The molecule has 1 atom stereocenters. The van der Waals surface area contributed by atoms with Gasteiger partial charge in [-0.05, 0) is 80.7 Å². The maximum Gasteiger partial charge on any atom is 0.316 e. The van der Waals surface area contributed by atoms with E-state index in [1.807, 2.05) is 0 Å². The summed E-state index contributed by atoms with van der Waals surface area (Å²) in [5.41, 5.74) is 6.74. The van der Waals surface area contributed by atoms with Crippen molar-refractivity contribution in [3.05, 3.63) is 78.2 Å². The van der Waals surface area contributed by atoms with Crippen LogP contribution in [0.2, 0.25) is 0 Å². The molecule has 44 heavy (non-hydrogen) atoms. The number of primary amides is 1. The highest BCUT2D eigenvalue weighted by molar-refractivity contribution is 6.40. The first kappa shape index (κ1) is 30.6. The fraction of sp³-hybridized carbons (Fsp3) is 0.303. The van der Waals surface area contributed by atoms with Crippen molar-refractivity contribution in [3.8, 4) is 28.7 Å². The number of rotatable bonds is 10. The van der Waals surface area contributed by atoms with E-state index in [0.717, 1.165) is 36.9 Å². The van der Waals surface area contributed by atoms with E-state index in [4.69, 9.17) is 24.7 Å². The standard InChI is InChI=1S/C33H35FN4O6/c1-20(22-5-4-6-24(15-22)41-2)38(33(40)32(35)39)23-7-8-29(26(34)16-23)44-28-11-14-37-27-18-31(30(42-3)17-25(27)28)43-19-21-9-12-36-13-10-21/h4-8,11,14-18,20-21,36H,9-10,12-13,19H2,1-3H3,(H2,35,39). The van der Waals surface area contributed by atoms with Gasteiger partial charge in [-0.2, -0.15) is 0 Å². The number of pyridine rings is 1. The van der Waals surface area contributed by atoms with Crippen LogP contribution >= 0.6 is 0 Å². The molecule has 0 radical (unpaired) electrons. The van der Waals surface area contributed by atoms with Crippen LogP contribution < -0.4 is 34.9 Å². The number of nitrogens with two attached hydrogens (primary N) is 1. The van der Waals surface area contributed by atoms with E-state index >= 15 is 4.39 Å². The lowest BCUT2D eigenvalue weighted by Gasteiger charge is -2.29. The second kappa shape index (κ2) is 13.6. The Labute approximate surface area is 254 Å². The molecule has 230 valence electrons. The number of anilines is 1. The van der Waals surface area contributed by atoms with Crippen LogP contribution in [0.25, 0.3) is 10.9 Å². The van der Waals surface area contributed by atoms with Crippen LogP contribution in [-0.2, 0) is 9.59 Å². The lowest BCUT2D eigenvalue weighted by atomic mass is 9.99. The molecule has 10 nitrogen and oxygen atoms in total. The summed E-state index contributed by atoms with van der Waals surface area (Å²) < 4.78 is 38.6. The maximum atomic E-state index is 15.6. The van der Waals surface area contributed by atoms with Gasteiger partial charge < -0.3 is 30.0 Å². The first-order chi connectivity index (χ1) is 21.3. The molecular formula is C33H35FN4O6. The van der Waals surface area contributed by atoms with E-state index in [9.17, 15) is 9.59 Å². The number of aromatic nitrogens is 1. The molecule has 1 fully saturated rings. The van der Waals surface area contributed by atoms with E-state index < -0.39 is 23.7 Å². The Morgan fingerprint density at radius 1 is 1.00 bits per heavy atom. The molecule has 0 bridgehead atoms. The quantitative estimate of drug-likeness (QED) is 0.239. The van der Waals surface area contributed by atoms with E-state index in [1.165, 1.54) is 19.2 Å². The number of amides is 2. The highest BCUT2D eigenvalue weighted by Gasteiger charge is 2.28. The molecular weight excluding hydrogens is 567 g/mol. The van der Waals surface area contributed by atoms with Gasteiger partial charge in [-0.3, -0.25) is 19.5 Å². The number of nitrogens with zero attached hydrogens (tertiary/aromatic N) is 2. The van der Waals surface area contributed by atoms with Gasteiger partial charge in [0.2, 0.25) is 0 Å². The highest BCUT2D eigenvalue weighted by atomic mass is 19.1. The molecule has 1 aliphatic rings. The van der Waals surface area contributed by atoms with Crippen LogP contribution in [0.1, 0.15) is 31.4 Å². The molecule has 3 N–H and O–H groups in total. The number of halogens is 1. The largest absolute Gasteiger partial charge is 0.497 e. The summed E-state index contributed by atoms with van der Waals surface area (Å²) in [5.74, 6) is -0.547. The van der Waals surface area contributed by atoms with Gasteiger partial charge in [0.15, 0.2) is 23.1 Å². The monoisotopic (exact) mass is 602 g/mol. The van der Waals surface area contributed by atoms with Gasteiger partial charge in [0.05, 0.1) is 32.4 Å². The molecule has 0 saturated carbocycles. The normalized spacial score (nSPS) is 14.1. The van der Waals surface area contributed by atoms with Crippen LogP contribution in [-0.4, -0.2) is 50.7 Å². The van der Waals surface area contributed by atoms with E-state index in [1.54, 1.807) is 62.7 Å². The molecule has 0 aliphatic carbocycles. The van der Waals surface area contributed by atoms with Crippen molar-refractivity contribution in [2.45, 2.75) is 25.8 Å². The zero-order valence-corrected chi connectivity index (χ0v) is 24.8. The highest BCUT2D eigenvalue weighted by Crippen LogP contribution is 2.39. The molecule has 5 rings (SSSR count). The van der Waals surface area contributed by atoms with E-state index in [0.29, 0.717) is 52.0 Å². The number of piperidine rings is 1. The number of hydrogen-bond acceptors (Lipinski definition) is 8. The first-order valence-electron chi connectivity index (χ1n) is 14.3. The Balaban J connectivity index is 1.42. The second-order valence-electron chi connectivity index (χ2n) is 10.5. The van der Waals surface area contributed by atoms with Crippen LogP contribution in [0.5, 0.6) is 28.7 Å². The fourth-order valence-corrected chi connectivity index (χ4v) is 5.27. The van der Waals surface area contributed by atoms with Gasteiger partial charge in [-0.25, -0.2) is 4.39 Å². The Morgan fingerprint density at radius 2 is 1.80 bits per heavy atom. The number of nitrogens with one attached hydrogen (secondary N) is 1. The van der Waals surface area contributed by atoms with Gasteiger partial charge in [-0.1, -0.05) is 12.1 Å². The number of carbonyl (C=O) groups is 2. The summed E-state index contributed by atoms with van der Waals surface area (Å²) in [6.45, 7) is 4.23. The molecule has 4 aromatic rings. The maximum absolute atomic E-state index is 15.6. The minimum Gasteiger partial charge on any atom is -0.497 e.